The van der Waals surface area contributed by atoms with Gasteiger partial charge in [-0.1, -0.05) is 19.9 Å². The highest BCUT2D eigenvalue weighted by Crippen LogP contribution is 2.31. The Balaban J connectivity index is 0.00000186. The molecule has 0 saturated heterocycles. The number of aryl methyl sites for hydroxylation is 3. The number of carbonyl (C=O) groups excluding carboxylic acids is 1. The molecule has 6 nitrogen and oxygen atoms in total. The number of amides is 1. The second-order valence-electron chi connectivity index (χ2n) is 9.28. The number of ether oxygens (including phenoxy) is 1. The van der Waals surface area contributed by atoms with Gasteiger partial charge in [0.1, 0.15) is 17.2 Å². The van der Waals surface area contributed by atoms with Crippen molar-refractivity contribution < 1.29 is 14.6 Å². The Morgan fingerprint density at radius 2 is 1.62 bits per heavy atom. The summed E-state index contributed by atoms with van der Waals surface area (Å²) < 4.78 is 8.49. The van der Waals surface area contributed by atoms with Gasteiger partial charge in [0.2, 0.25) is 0 Å². The van der Waals surface area contributed by atoms with E-state index < -0.39 is 0 Å². The molecule has 0 atom stereocenters. The van der Waals surface area contributed by atoms with Crippen molar-refractivity contribution in [3.8, 4) is 17.2 Å². The number of carbonyl (C=O) groups is 1. The third-order valence-electron chi connectivity index (χ3n) is 6.42. The average Bonchev–Trinajstić information content (AvgIpc) is 3.12. The second kappa shape index (κ2) is 12.5. The Morgan fingerprint density at radius 1 is 0.946 bits per heavy atom. The molecule has 0 aliphatic carbocycles. The Morgan fingerprint density at radius 3 is 2.27 bits per heavy atom. The van der Waals surface area contributed by atoms with E-state index in [-0.39, 0.29) is 11.7 Å². The van der Waals surface area contributed by atoms with Crippen LogP contribution in [0.2, 0.25) is 0 Å². The van der Waals surface area contributed by atoms with Crippen LogP contribution in [0, 0.1) is 20.8 Å². The quantitative estimate of drug-likeness (QED) is 0.266. The van der Waals surface area contributed by atoms with Gasteiger partial charge in [-0.15, -0.1) is 0 Å². The monoisotopic (exact) mass is 501 g/mol. The summed E-state index contributed by atoms with van der Waals surface area (Å²) in [5.41, 5.74) is 5.59. The molecular formula is C31H39N3O3. The maximum atomic E-state index is 12.6. The highest BCUT2D eigenvalue weighted by Gasteiger charge is 2.13. The van der Waals surface area contributed by atoms with E-state index in [2.05, 4.69) is 54.9 Å². The van der Waals surface area contributed by atoms with Gasteiger partial charge in [-0.3, -0.25) is 4.79 Å². The van der Waals surface area contributed by atoms with Crippen molar-refractivity contribution in [2.75, 3.05) is 26.0 Å². The molecule has 196 valence electrons. The summed E-state index contributed by atoms with van der Waals surface area (Å²) in [6.45, 7) is 12.2. The van der Waals surface area contributed by atoms with E-state index in [1.165, 1.54) is 22.2 Å². The topological polar surface area (TPSA) is 66.7 Å². The van der Waals surface area contributed by atoms with Crippen LogP contribution in [0.25, 0.3) is 10.9 Å². The van der Waals surface area contributed by atoms with Crippen LogP contribution >= 0.6 is 0 Å². The highest BCUT2D eigenvalue weighted by atomic mass is 16.5. The Hall–Kier alpha value is -3.77. The van der Waals surface area contributed by atoms with Crippen molar-refractivity contribution >= 4 is 22.5 Å². The number of anilines is 1. The van der Waals surface area contributed by atoms with Crippen LogP contribution in [-0.4, -0.2) is 41.1 Å². The number of fused-ring (bicyclic) bond motifs is 1. The fraction of sp³-hybridized carbons (Fsp3) is 0.323. The molecule has 1 heterocycles. The Bertz CT molecular complexity index is 1350. The Labute approximate surface area is 220 Å². The molecule has 1 aromatic heterocycles. The third-order valence-corrected chi connectivity index (χ3v) is 6.42. The molecule has 0 aliphatic rings. The minimum Gasteiger partial charge on any atom is -0.508 e. The zero-order chi connectivity index (χ0) is 27.1. The van der Waals surface area contributed by atoms with Crippen LogP contribution in [-0.2, 0) is 6.54 Å². The van der Waals surface area contributed by atoms with Crippen molar-refractivity contribution in [1.29, 1.82) is 0 Å². The molecule has 0 fully saturated rings. The predicted molar refractivity (Wildman–Crippen MR) is 153 cm³/mol. The summed E-state index contributed by atoms with van der Waals surface area (Å²) in [6, 6.07) is 18.3. The van der Waals surface area contributed by atoms with Crippen LogP contribution in [0.5, 0.6) is 17.2 Å². The molecule has 4 rings (SSSR count). The Kier molecular flexibility index (Phi) is 9.36. The average molecular weight is 502 g/mol. The van der Waals surface area contributed by atoms with E-state index >= 15 is 0 Å². The zero-order valence-corrected chi connectivity index (χ0v) is 23.1. The number of nitrogens with zero attached hydrogens (tertiary/aromatic N) is 2. The first-order valence-corrected chi connectivity index (χ1v) is 12.9. The van der Waals surface area contributed by atoms with Gasteiger partial charge < -0.3 is 24.6 Å². The molecule has 37 heavy (non-hydrogen) atoms. The van der Waals surface area contributed by atoms with E-state index in [9.17, 15) is 9.90 Å². The summed E-state index contributed by atoms with van der Waals surface area (Å²) >= 11 is 0. The molecule has 3 aromatic carbocycles. The lowest BCUT2D eigenvalue weighted by atomic mass is 10.1. The molecule has 2 N–H and O–H groups in total. The first-order valence-electron chi connectivity index (χ1n) is 12.9. The predicted octanol–water partition coefficient (Wildman–Crippen LogP) is 7.29. The summed E-state index contributed by atoms with van der Waals surface area (Å²) in [5.74, 6) is 1.33. The number of nitrogens with one attached hydrogen (secondary N) is 1. The molecule has 0 radical (unpaired) electrons. The van der Waals surface area contributed by atoms with Crippen LogP contribution in [0.4, 0.5) is 5.69 Å². The summed E-state index contributed by atoms with van der Waals surface area (Å²) in [4.78, 5) is 14.8. The zero-order valence-electron chi connectivity index (χ0n) is 23.1. The molecule has 0 spiro atoms. The minimum absolute atomic E-state index is 0.151. The molecular weight excluding hydrogens is 462 g/mol. The first-order chi connectivity index (χ1) is 17.7. The van der Waals surface area contributed by atoms with Gasteiger partial charge >= 0.3 is 0 Å². The molecule has 6 heteroatoms. The number of rotatable bonds is 8. The fourth-order valence-electron chi connectivity index (χ4n) is 4.23. The number of aromatic nitrogens is 1. The maximum absolute atomic E-state index is 12.6. The van der Waals surface area contributed by atoms with Gasteiger partial charge in [0, 0.05) is 40.5 Å². The standard InChI is InChI=1S/C29H33N3O3.C2H6/c1-19-7-10-23(17-28(19)33)30-29(34)22-8-11-24(12-9-22)35-25-13-14-27-26(18-25)20(2)21(3)32(27)16-6-15-31(4)5;1-2/h7-14,17-18,33H,6,15-16H2,1-5H3,(H,30,34);1-2H3. The van der Waals surface area contributed by atoms with Crippen LogP contribution in [0.15, 0.2) is 60.7 Å². The number of aromatic hydroxyl groups is 1. The highest BCUT2D eigenvalue weighted by molar-refractivity contribution is 6.04. The molecule has 1 amide bonds. The summed E-state index contributed by atoms with van der Waals surface area (Å²) in [5, 5.41) is 13.8. The summed E-state index contributed by atoms with van der Waals surface area (Å²) in [6.07, 6.45) is 1.10. The first kappa shape index (κ1) is 27.8. The van der Waals surface area contributed by atoms with Gasteiger partial charge in [0.05, 0.1) is 0 Å². The van der Waals surface area contributed by atoms with Crippen LogP contribution in [0.3, 0.4) is 0 Å². The lowest BCUT2D eigenvalue weighted by molar-refractivity contribution is 0.102. The van der Waals surface area contributed by atoms with E-state index in [0.717, 1.165) is 30.8 Å². The van der Waals surface area contributed by atoms with Gasteiger partial charge in [-0.25, -0.2) is 0 Å². The minimum atomic E-state index is -0.247. The van der Waals surface area contributed by atoms with E-state index in [4.69, 9.17) is 4.74 Å². The third kappa shape index (κ3) is 6.71. The largest absolute Gasteiger partial charge is 0.508 e. The number of phenols is 1. The smallest absolute Gasteiger partial charge is 0.255 e. The lowest BCUT2D eigenvalue weighted by Gasteiger charge is -2.12. The fourth-order valence-corrected chi connectivity index (χ4v) is 4.23. The normalized spacial score (nSPS) is 10.8. The molecule has 4 aromatic rings. The molecule has 0 aliphatic heterocycles. The number of benzene rings is 3. The lowest BCUT2D eigenvalue weighted by Crippen LogP contribution is -2.15. The molecule has 0 saturated carbocycles. The van der Waals surface area contributed by atoms with Gasteiger partial charge in [0.25, 0.3) is 5.91 Å². The summed E-state index contributed by atoms with van der Waals surface area (Å²) in [7, 11) is 4.20. The van der Waals surface area contributed by atoms with Crippen molar-refractivity contribution in [2.45, 2.75) is 47.6 Å². The maximum Gasteiger partial charge on any atom is 0.255 e. The van der Waals surface area contributed by atoms with Gasteiger partial charge in [-0.2, -0.15) is 0 Å². The van der Waals surface area contributed by atoms with Crippen molar-refractivity contribution in [3.63, 3.8) is 0 Å². The SMILES string of the molecule is CC.Cc1ccc(NC(=O)c2ccc(Oc3ccc4c(c3)c(C)c(C)n4CCCN(C)C)cc2)cc1O. The van der Waals surface area contributed by atoms with E-state index in [0.29, 0.717) is 17.0 Å². The van der Waals surface area contributed by atoms with Gasteiger partial charge in [0.15, 0.2) is 0 Å². The van der Waals surface area contributed by atoms with Crippen molar-refractivity contribution in [1.82, 2.24) is 9.47 Å². The van der Waals surface area contributed by atoms with Crippen LogP contribution < -0.4 is 10.1 Å². The van der Waals surface area contributed by atoms with Crippen molar-refractivity contribution in [2.24, 2.45) is 0 Å². The van der Waals surface area contributed by atoms with E-state index in [1.54, 1.807) is 42.5 Å². The van der Waals surface area contributed by atoms with Crippen LogP contribution in [0.1, 0.15) is 47.4 Å². The molecule has 0 bridgehead atoms. The van der Waals surface area contributed by atoms with E-state index in [1.807, 2.05) is 26.8 Å². The second-order valence-corrected chi connectivity index (χ2v) is 9.28. The van der Waals surface area contributed by atoms with Gasteiger partial charge in [-0.05, 0) is 107 Å². The number of hydrogen-bond donors (Lipinski definition) is 2. The number of phenolic OH excluding ortho intramolecular Hbond substituents is 1. The number of hydrogen-bond acceptors (Lipinski definition) is 4. The molecule has 0 unspecified atom stereocenters. The van der Waals surface area contributed by atoms with Crippen molar-refractivity contribution in [3.05, 3.63) is 83.0 Å².